The van der Waals surface area contributed by atoms with Crippen LogP contribution < -0.4 is 0 Å². The summed E-state index contributed by atoms with van der Waals surface area (Å²) in [5.41, 5.74) is 1.57. The van der Waals surface area contributed by atoms with Gasteiger partial charge in [0.25, 0.3) is 0 Å². The van der Waals surface area contributed by atoms with E-state index in [1.165, 1.54) is 38.5 Å². The Hall–Kier alpha value is -0.0613. The van der Waals surface area contributed by atoms with Crippen LogP contribution in [0.1, 0.15) is 70.8 Å². The van der Waals surface area contributed by atoms with E-state index < -0.39 is 18.4 Å². The number of methoxy groups -OCH3 is 1. The molecule has 0 heterocycles. The Morgan fingerprint density at radius 3 is 1.89 bits per heavy atom. The molecular formula is C24H42O2Sn. The molecule has 0 amide bonds. The minimum absolute atomic E-state index is 0.437. The topological polar surface area (TPSA) is 18.5 Å². The van der Waals surface area contributed by atoms with E-state index in [1.807, 2.05) is 0 Å². The summed E-state index contributed by atoms with van der Waals surface area (Å²) < 4.78 is 16.8. The third-order valence-corrected chi connectivity index (χ3v) is 24.5. The maximum absolute atomic E-state index is 5.91. The van der Waals surface area contributed by atoms with Crippen molar-refractivity contribution in [2.45, 2.75) is 82.5 Å². The van der Waals surface area contributed by atoms with Crippen molar-refractivity contribution in [2.24, 2.45) is 5.92 Å². The van der Waals surface area contributed by atoms with E-state index in [1.54, 1.807) is 26.0 Å². The predicted octanol–water partition coefficient (Wildman–Crippen LogP) is 7.24. The average molecular weight is 481 g/mol. The zero-order valence-corrected chi connectivity index (χ0v) is 21.1. The van der Waals surface area contributed by atoms with Gasteiger partial charge in [-0.1, -0.05) is 0 Å². The first-order valence-electron chi connectivity index (χ1n) is 11.4. The minimum atomic E-state index is -2.24. The van der Waals surface area contributed by atoms with Crippen LogP contribution in [0, 0.1) is 5.92 Å². The SMILES string of the molecule is CCC[CH2][Sn]([CH2]CCC)([CH2]CCC)[C@H]1[C@@H](COCOC)[C@@H]1c1ccccc1. The molecule has 3 heteroatoms. The molecule has 27 heavy (non-hydrogen) atoms. The van der Waals surface area contributed by atoms with Gasteiger partial charge in [0.1, 0.15) is 0 Å². The third kappa shape index (κ3) is 6.47. The average Bonchev–Trinajstić information content (AvgIpc) is 3.43. The quantitative estimate of drug-likeness (QED) is 0.149. The van der Waals surface area contributed by atoms with Gasteiger partial charge in [-0.2, -0.15) is 0 Å². The first-order valence-corrected chi connectivity index (χ1v) is 19.1. The number of benzene rings is 1. The second kappa shape index (κ2) is 12.5. The molecule has 0 saturated heterocycles. The van der Waals surface area contributed by atoms with Crippen molar-refractivity contribution in [1.82, 2.24) is 0 Å². The van der Waals surface area contributed by atoms with Gasteiger partial charge in [0.15, 0.2) is 0 Å². The van der Waals surface area contributed by atoms with Gasteiger partial charge in [-0.15, -0.1) is 0 Å². The van der Waals surface area contributed by atoms with Crippen molar-refractivity contribution in [3.63, 3.8) is 0 Å². The van der Waals surface area contributed by atoms with Crippen molar-refractivity contribution in [3.8, 4) is 0 Å². The number of hydrogen-bond donors (Lipinski definition) is 0. The summed E-state index contributed by atoms with van der Waals surface area (Å²) in [4.78, 5) is 0. The van der Waals surface area contributed by atoms with E-state index in [-0.39, 0.29) is 0 Å². The van der Waals surface area contributed by atoms with Gasteiger partial charge < -0.3 is 0 Å². The Morgan fingerprint density at radius 1 is 0.852 bits per heavy atom. The Balaban J connectivity index is 2.26. The van der Waals surface area contributed by atoms with Crippen molar-refractivity contribution in [2.75, 3.05) is 20.5 Å². The summed E-state index contributed by atoms with van der Waals surface area (Å²) in [6.45, 7) is 8.44. The van der Waals surface area contributed by atoms with Crippen LogP contribution >= 0.6 is 0 Å². The summed E-state index contributed by atoms with van der Waals surface area (Å²) >= 11 is -2.24. The molecular weight excluding hydrogens is 439 g/mol. The van der Waals surface area contributed by atoms with Crippen molar-refractivity contribution >= 4 is 18.4 Å². The van der Waals surface area contributed by atoms with E-state index >= 15 is 0 Å². The van der Waals surface area contributed by atoms with E-state index in [0.29, 0.717) is 6.79 Å². The van der Waals surface area contributed by atoms with Gasteiger partial charge in [-0.05, 0) is 0 Å². The monoisotopic (exact) mass is 482 g/mol. The fourth-order valence-electron chi connectivity index (χ4n) is 5.28. The van der Waals surface area contributed by atoms with Crippen LogP contribution in [0.25, 0.3) is 0 Å². The zero-order valence-electron chi connectivity index (χ0n) is 18.2. The van der Waals surface area contributed by atoms with Gasteiger partial charge in [0, 0.05) is 0 Å². The van der Waals surface area contributed by atoms with E-state index in [2.05, 4.69) is 51.1 Å². The molecule has 154 valence electrons. The van der Waals surface area contributed by atoms with Crippen molar-refractivity contribution in [3.05, 3.63) is 35.9 Å². The summed E-state index contributed by atoms with van der Waals surface area (Å²) in [7, 11) is 1.73. The standard InChI is InChI=1S/C12H15O2.3C4H9.Sn/c1-13-9-14-8-11-7-12(11)10-5-3-2-4-6-10;3*1-3-4-2;/h2-7,11-12H,8-9H2,1H3;3*1,3-4H2,2H3;/t11-,12-;;;;/m0..../s1. The van der Waals surface area contributed by atoms with E-state index in [4.69, 9.17) is 9.47 Å². The summed E-state index contributed by atoms with van der Waals surface area (Å²) in [5, 5.41) is 0. The molecule has 0 aliphatic heterocycles. The van der Waals surface area contributed by atoms with Gasteiger partial charge >= 0.3 is 173 Å². The van der Waals surface area contributed by atoms with Crippen LogP contribution in [-0.2, 0) is 9.47 Å². The molecule has 1 saturated carbocycles. The molecule has 0 N–H and O–H groups in total. The normalized spacial score (nSPS) is 22.1. The van der Waals surface area contributed by atoms with Crippen LogP contribution in [0.2, 0.25) is 17.2 Å². The van der Waals surface area contributed by atoms with Gasteiger partial charge in [-0.25, -0.2) is 0 Å². The van der Waals surface area contributed by atoms with E-state index in [9.17, 15) is 0 Å². The third-order valence-electron chi connectivity index (χ3n) is 6.66. The summed E-state index contributed by atoms with van der Waals surface area (Å²) in [6, 6.07) is 11.3. The first-order chi connectivity index (χ1) is 13.2. The van der Waals surface area contributed by atoms with Crippen molar-refractivity contribution in [1.29, 1.82) is 0 Å². The van der Waals surface area contributed by atoms with Crippen LogP contribution in [0.15, 0.2) is 30.3 Å². The maximum atomic E-state index is 5.91. The number of unbranched alkanes of at least 4 members (excludes halogenated alkanes) is 3. The van der Waals surface area contributed by atoms with Crippen molar-refractivity contribution < 1.29 is 9.47 Å². The molecule has 1 fully saturated rings. The number of hydrogen-bond acceptors (Lipinski definition) is 2. The second-order valence-corrected chi connectivity index (χ2v) is 22.5. The van der Waals surface area contributed by atoms with Gasteiger partial charge in [-0.3, -0.25) is 0 Å². The Morgan fingerprint density at radius 2 is 1.41 bits per heavy atom. The molecule has 1 aliphatic carbocycles. The zero-order chi connectivity index (χ0) is 19.5. The molecule has 0 spiro atoms. The molecule has 2 nitrogen and oxygen atoms in total. The van der Waals surface area contributed by atoms with Crippen LogP contribution in [-0.4, -0.2) is 38.9 Å². The van der Waals surface area contributed by atoms with Gasteiger partial charge in [0.2, 0.25) is 0 Å². The molecule has 0 bridgehead atoms. The fourth-order valence-corrected chi connectivity index (χ4v) is 25.9. The molecule has 1 aromatic carbocycles. The molecule has 0 radical (unpaired) electrons. The predicted molar refractivity (Wildman–Crippen MR) is 119 cm³/mol. The Kier molecular flexibility index (Phi) is 10.7. The van der Waals surface area contributed by atoms with Crippen LogP contribution in [0.4, 0.5) is 0 Å². The molecule has 3 atom stereocenters. The number of rotatable bonds is 15. The van der Waals surface area contributed by atoms with Gasteiger partial charge in [0.05, 0.1) is 0 Å². The molecule has 0 unspecified atom stereocenters. The Labute approximate surface area is 172 Å². The first kappa shape index (κ1) is 23.2. The number of ether oxygens (including phenoxy) is 2. The van der Waals surface area contributed by atoms with Crippen LogP contribution in [0.3, 0.4) is 0 Å². The fraction of sp³-hybridized carbons (Fsp3) is 0.750. The molecule has 1 aliphatic rings. The Bertz CT molecular complexity index is 483. The summed E-state index contributed by atoms with van der Waals surface area (Å²) in [5.74, 6) is 1.49. The molecule has 0 aromatic heterocycles. The van der Waals surface area contributed by atoms with E-state index in [0.717, 1.165) is 22.4 Å². The molecule has 1 aromatic rings. The molecule has 2 rings (SSSR count). The summed E-state index contributed by atoms with van der Waals surface area (Å²) in [6.07, 6.45) is 8.41. The van der Waals surface area contributed by atoms with Crippen LogP contribution in [0.5, 0.6) is 0 Å². The second-order valence-electron chi connectivity index (χ2n) is 8.58.